The minimum atomic E-state index is -0.299. The molecule has 0 spiro atoms. The zero-order chi connectivity index (χ0) is 24.1. The lowest BCUT2D eigenvalue weighted by atomic mass is 9.43. The van der Waals surface area contributed by atoms with E-state index >= 15 is 0 Å². The second kappa shape index (κ2) is 8.39. The first-order valence-electron chi connectivity index (χ1n) is 12.1. The first-order chi connectivity index (χ1) is 14.7. The Balaban J connectivity index is 1.93. The lowest BCUT2D eigenvalue weighted by Gasteiger charge is -2.60. The minimum Gasteiger partial charge on any atom is -0.299 e. The van der Waals surface area contributed by atoms with E-state index in [9.17, 15) is 14.4 Å². The van der Waals surface area contributed by atoms with Crippen LogP contribution < -0.4 is 0 Å². The van der Waals surface area contributed by atoms with Crippen LogP contribution in [0.4, 0.5) is 0 Å². The van der Waals surface area contributed by atoms with Crippen molar-refractivity contribution in [2.45, 2.75) is 87.5 Å². The molecule has 3 rings (SSSR count). The molecular weight excluding hydrogens is 396 g/mol. The number of rotatable bonds is 4. The standard InChI is InChI=1S/C29H40O3/c1-18(16-20(3)21(4)30)10-9-11-19(2)26-22(31)17-24-28(7)15-13-25(32)27(5,6)23(28)12-14-29(24,26)8/h9-11,16,23-24H,12-15,17H2,1-8H3/b11-9+,18-10+,20-16-,26-19+/t23?,24-,28-,29-/m0/s1. The molecule has 0 aliphatic heterocycles. The summed E-state index contributed by atoms with van der Waals surface area (Å²) in [5, 5.41) is 0. The average Bonchev–Trinajstić information content (AvgIpc) is 2.96. The molecule has 0 aromatic rings. The van der Waals surface area contributed by atoms with Crippen LogP contribution in [-0.4, -0.2) is 17.3 Å². The van der Waals surface area contributed by atoms with Gasteiger partial charge in [0.1, 0.15) is 5.78 Å². The van der Waals surface area contributed by atoms with Crippen LogP contribution in [0.25, 0.3) is 0 Å². The number of hydrogen-bond acceptors (Lipinski definition) is 3. The van der Waals surface area contributed by atoms with Gasteiger partial charge >= 0.3 is 0 Å². The third-order valence-electron chi connectivity index (χ3n) is 9.13. The first-order valence-corrected chi connectivity index (χ1v) is 12.1. The molecule has 3 nitrogen and oxygen atoms in total. The second-order valence-electron chi connectivity index (χ2n) is 11.6. The predicted molar refractivity (Wildman–Crippen MR) is 130 cm³/mol. The number of hydrogen-bond donors (Lipinski definition) is 0. The molecule has 4 atom stereocenters. The lowest BCUT2D eigenvalue weighted by Crippen LogP contribution is -2.56. The molecule has 1 unspecified atom stereocenters. The van der Waals surface area contributed by atoms with Gasteiger partial charge in [0.2, 0.25) is 0 Å². The molecule has 3 fully saturated rings. The maximum Gasteiger partial charge on any atom is 0.160 e. The van der Waals surface area contributed by atoms with E-state index in [0.717, 1.165) is 41.6 Å². The summed E-state index contributed by atoms with van der Waals surface area (Å²) >= 11 is 0. The molecule has 3 saturated carbocycles. The molecule has 0 heterocycles. The number of fused-ring (bicyclic) bond motifs is 3. The van der Waals surface area contributed by atoms with Crippen LogP contribution in [0.2, 0.25) is 0 Å². The van der Waals surface area contributed by atoms with Crippen LogP contribution in [0, 0.1) is 28.1 Å². The summed E-state index contributed by atoms with van der Waals surface area (Å²) < 4.78 is 0. The Kier molecular flexibility index (Phi) is 6.45. The maximum atomic E-state index is 13.3. The summed E-state index contributed by atoms with van der Waals surface area (Å²) in [6, 6.07) is 0. The summed E-state index contributed by atoms with van der Waals surface area (Å²) in [6.45, 7) is 16.3. The zero-order valence-corrected chi connectivity index (χ0v) is 21.2. The van der Waals surface area contributed by atoms with Crippen molar-refractivity contribution in [1.82, 2.24) is 0 Å². The van der Waals surface area contributed by atoms with E-state index < -0.39 is 0 Å². The fraction of sp³-hybridized carbons (Fsp3) is 0.621. The Morgan fingerprint density at radius 3 is 2.25 bits per heavy atom. The normalized spacial score (nSPS) is 36.9. The second-order valence-corrected chi connectivity index (χ2v) is 11.6. The SMILES string of the molecule is CC(=O)\C(C)=C/C(C)=C/C=C/C(C)=C1\C(=O)C[C@H]2[C@@]3(C)CCC(=O)C(C)(C)C3CC[C@]12C. The molecule has 0 bridgehead atoms. The number of carbonyl (C=O) groups excluding carboxylic acids is 3. The Bertz CT molecular complexity index is 970. The van der Waals surface area contributed by atoms with Gasteiger partial charge in [-0.15, -0.1) is 0 Å². The molecule has 0 saturated heterocycles. The minimum absolute atomic E-state index is 0.0251. The molecule has 3 aliphatic rings. The van der Waals surface area contributed by atoms with Gasteiger partial charge in [-0.3, -0.25) is 14.4 Å². The first kappa shape index (κ1) is 24.6. The average molecular weight is 437 g/mol. The Hall–Kier alpha value is -2.03. The Morgan fingerprint density at radius 1 is 0.969 bits per heavy atom. The number of carbonyl (C=O) groups is 3. The van der Waals surface area contributed by atoms with Gasteiger partial charge in [-0.05, 0) is 75.4 Å². The molecule has 32 heavy (non-hydrogen) atoms. The van der Waals surface area contributed by atoms with Crippen molar-refractivity contribution in [2.24, 2.45) is 28.1 Å². The monoisotopic (exact) mass is 436 g/mol. The highest BCUT2D eigenvalue weighted by atomic mass is 16.1. The topological polar surface area (TPSA) is 51.2 Å². The van der Waals surface area contributed by atoms with E-state index in [2.05, 4.69) is 34.6 Å². The number of Topliss-reactive ketones (excluding diaryl/α,β-unsaturated/α-hetero) is 3. The predicted octanol–water partition coefficient (Wildman–Crippen LogP) is 6.74. The van der Waals surface area contributed by atoms with Crippen LogP contribution in [0.5, 0.6) is 0 Å². The molecule has 0 amide bonds. The highest BCUT2D eigenvalue weighted by molar-refractivity contribution is 6.01. The van der Waals surface area contributed by atoms with Gasteiger partial charge in [-0.1, -0.05) is 57.6 Å². The summed E-state index contributed by atoms with van der Waals surface area (Å²) in [5.41, 5.74) is 3.39. The van der Waals surface area contributed by atoms with E-state index in [0.29, 0.717) is 30.5 Å². The van der Waals surface area contributed by atoms with Crippen molar-refractivity contribution < 1.29 is 14.4 Å². The largest absolute Gasteiger partial charge is 0.299 e. The van der Waals surface area contributed by atoms with Crippen LogP contribution in [0.3, 0.4) is 0 Å². The van der Waals surface area contributed by atoms with Crippen LogP contribution in [0.1, 0.15) is 87.5 Å². The van der Waals surface area contributed by atoms with Gasteiger partial charge in [0.25, 0.3) is 0 Å². The summed E-state index contributed by atoms with van der Waals surface area (Å²) in [5.74, 6) is 1.39. The summed E-state index contributed by atoms with van der Waals surface area (Å²) in [6.07, 6.45) is 12.0. The van der Waals surface area contributed by atoms with Crippen molar-refractivity contribution in [3.8, 4) is 0 Å². The molecule has 0 N–H and O–H groups in total. The van der Waals surface area contributed by atoms with Gasteiger partial charge in [-0.2, -0.15) is 0 Å². The molecule has 0 aromatic carbocycles. The fourth-order valence-corrected chi connectivity index (χ4v) is 7.30. The lowest BCUT2D eigenvalue weighted by molar-refractivity contribution is -0.154. The third-order valence-corrected chi connectivity index (χ3v) is 9.13. The van der Waals surface area contributed by atoms with E-state index in [1.165, 1.54) is 0 Å². The van der Waals surface area contributed by atoms with Crippen molar-refractivity contribution in [1.29, 1.82) is 0 Å². The summed E-state index contributed by atoms with van der Waals surface area (Å²) in [4.78, 5) is 37.5. The third kappa shape index (κ3) is 3.93. The molecule has 3 heteroatoms. The van der Waals surface area contributed by atoms with Crippen LogP contribution >= 0.6 is 0 Å². The highest BCUT2D eigenvalue weighted by Gasteiger charge is 2.64. The molecule has 174 valence electrons. The molecule has 0 radical (unpaired) electrons. The van der Waals surface area contributed by atoms with Crippen LogP contribution in [-0.2, 0) is 14.4 Å². The van der Waals surface area contributed by atoms with Gasteiger partial charge in [-0.25, -0.2) is 0 Å². The van der Waals surface area contributed by atoms with Crippen molar-refractivity contribution >= 4 is 17.3 Å². The fourth-order valence-electron chi connectivity index (χ4n) is 7.30. The van der Waals surface area contributed by atoms with Gasteiger partial charge in [0.05, 0.1) is 0 Å². The van der Waals surface area contributed by atoms with Gasteiger partial charge in [0, 0.05) is 29.2 Å². The quantitative estimate of drug-likeness (QED) is 0.362. The highest BCUT2D eigenvalue weighted by Crippen LogP contribution is 2.68. The Morgan fingerprint density at radius 2 is 1.62 bits per heavy atom. The van der Waals surface area contributed by atoms with Gasteiger partial charge < -0.3 is 0 Å². The Labute approximate surface area is 194 Å². The number of ketones is 3. The van der Waals surface area contributed by atoms with E-state index in [4.69, 9.17) is 0 Å². The van der Waals surface area contributed by atoms with E-state index in [1.807, 2.05) is 38.2 Å². The van der Waals surface area contributed by atoms with E-state index in [-0.39, 0.29) is 27.8 Å². The van der Waals surface area contributed by atoms with Crippen LogP contribution in [0.15, 0.2) is 46.6 Å². The molecular formula is C29H40O3. The van der Waals surface area contributed by atoms with E-state index in [1.54, 1.807) is 6.92 Å². The van der Waals surface area contributed by atoms with Crippen molar-refractivity contribution in [3.05, 3.63) is 46.6 Å². The maximum absolute atomic E-state index is 13.3. The molecule has 3 aliphatic carbocycles. The zero-order valence-electron chi connectivity index (χ0n) is 21.2. The smallest absolute Gasteiger partial charge is 0.160 e. The van der Waals surface area contributed by atoms with Crippen molar-refractivity contribution in [3.63, 3.8) is 0 Å². The van der Waals surface area contributed by atoms with Crippen molar-refractivity contribution in [2.75, 3.05) is 0 Å². The van der Waals surface area contributed by atoms with Gasteiger partial charge in [0.15, 0.2) is 11.6 Å². The summed E-state index contributed by atoms with van der Waals surface area (Å²) in [7, 11) is 0. The molecule has 0 aromatic heterocycles. The number of allylic oxidation sites excluding steroid dienone is 8.